The molecule has 124 valence electrons. The summed E-state index contributed by atoms with van der Waals surface area (Å²) in [6.07, 6.45) is -0.560. The van der Waals surface area contributed by atoms with Gasteiger partial charge in [-0.3, -0.25) is 9.80 Å². The van der Waals surface area contributed by atoms with E-state index in [9.17, 15) is 5.11 Å². The molecule has 1 aromatic carbocycles. The van der Waals surface area contributed by atoms with Crippen molar-refractivity contribution in [3.63, 3.8) is 0 Å². The number of β-amino-alcohol motifs (C(OH)–C–C–N with tert-alkyl or cyclic N) is 1. The van der Waals surface area contributed by atoms with Crippen LogP contribution in [0.3, 0.4) is 0 Å². The van der Waals surface area contributed by atoms with E-state index in [1.54, 1.807) is 6.92 Å². The van der Waals surface area contributed by atoms with E-state index in [1.165, 1.54) is 0 Å². The van der Waals surface area contributed by atoms with Gasteiger partial charge in [-0.15, -0.1) is 0 Å². The smallest absolute Gasteiger partial charge is 0.223 e. The molecule has 0 aliphatic carbocycles. The van der Waals surface area contributed by atoms with E-state index in [-0.39, 0.29) is 0 Å². The molecule has 1 saturated heterocycles. The molecule has 0 amide bonds. The standard InChI is InChI=1S/C16H21ClN4O2/c1-12-18-16(19-23-12)11-21-8-6-20(7-9-21)10-15(22)13-4-2-3-5-14(13)17/h2-5,15,22H,6-11H2,1H3. The van der Waals surface area contributed by atoms with Crippen molar-refractivity contribution in [1.29, 1.82) is 0 Å². The second-order valence-corrected chi connectivity index (χ2v) is 6.25. The lowest BCUT2D eigenvalue weighted by Crippen LogP contribution is -2.47. The number of hydrogen-bond acceptors (Lipinski definition) is 6. The van der Waals surface area contributed by atoms with Crippen LogP contribution in [0.25, 0.3) is 0 Å². The molecule has 1 unspecified atom stereocenters. The predicted octanol–water partition coefficient (Wildman–Crippen LogP) is 1.88. The van der Waals surface area contributed by atoms with E-state index in [4.69, 9.17) is 16.1 Å². The van der Waals surface area contributed by atoms with Crippen molar-refractivity contribution < 1.29 is 9.63 Å². The van der Waals surface area contributed by atoms with Crippen molar-refractivity contribution in [2.24, 2.45) is 0 Å². The number of rotatable bonds is 5. The highest BCUT2D eigenvalue weighted by atomic mass is 35.5. The number of hydrogen-bond donors (Lipinski definition) is 1. The Morgan fingerprint density at radius 2 is 1.91 bits per heavy atom. The zero-order chi connectivity index (χ0) is 16.2. The second kappa shape index (κ2) is 7.40. The van der Waals surface area contributed by atoms with Crippen molar-refractivity contribution in [2.45, 2.75) is 19.6 Å². The molecule has 1 aliphatic heterocycles. The number of aliphatic hydroxyl groups is 1. The lowest BCUT2D eigenvalue weighted by atomic mass is 10.1. The molecule has 0 radical (unpaired) electrons. The van der Waals surface area contributed by atoms with Gasteiger partial charge in [0.25, 0.3) is 0 Å². The molecule has 23 heavy (non-hydrogen) atoms. The van der Waals surface area contributed by atoms with E-state index in [2.05, 4.69) is 19.9 Å². The Labute approximate surface area is 140 Å². The average molecular weight is 337 g/mol. The van der Waals surface area contributed by atoms with Gasteiger partial charge in [-0.2, -0.15) is 4.98 Å². The molecule has 2 heterocycles. The molecule has 7 heteroatoms. The van der Waals surface area contributed by atoms with Crippen molar-refractivity contribution >= 4 is 11.6 Å². The summed E-state index contributed by atoms with van der Waals surface area (Å²) in [7, 11) is 0. The lowest BCUT2D eigenvalue weighted by molar-refractivity contribution is 0.0690. The van der Waals surface area contributed by atoms with Gasteiger partial charge >= 0.3 is 0 Å². The van der Waals surface area contributed by atoms with Gasteiger partial charge < -0.3 is 9.63 Å². The molecular weight excluding hydrogens is 316 g/mol. The molecule has 1 atom stereocenters. The average Bonchev–Trinajstić information content (AvgIpc) is 2.95. The van der Waals surface area contributed by atoms with Crippen LogP contribution < -0.4 is 0 Å². The molecule has 0 spiro atoms. The number of benzene rings is 1. The first-order chi connectivity index (χ1) is 11.1. The van der Waals surface area contributed by atoms with Crippen LogP contribution in [0.15, 0.2) is 28.8 Å². The molecule has 1 fully saturated rings. The van der Waals surface area contributed by atoms with Gasteiger partial charge in [0.2, 0.25) is 5.89 Å². The van der Waals surface area contributed by atoms with Gasteiger partial charge in [0.15, 0.2) is 5.82 Å². The summed E-state index contributed by atoms with van der Waals surface area (Å²) >= 11 is 6.14. The Hall–Kier alpha value is -1.47. The summed E-state index contributed by atoms with van der Waals surface area (Å²) in [6, 6.07) is 7.46. The van der Waals surface area contributed by atoms with E-state index in [1.807, 2.05) is 24.3 Å². The molecule has 1 aromatic heterocycles. The van der Waals surface area contributed by atoms with Crippen LogP contribution in [-0.4, -0.2) is 57.8 Å². The third kappa shape index (κ3) is 4.29. The first-order valence-corrected chi connectivity index (χ1v) is 8.16. The summed E-state index contributed by atoms with van der Waals surface area (Å²) < 4.78 is 5.00. The Morgan fingerprint density at radius 1 is 1.22 bits per heavy atom. The fourth-order valence-corrected chi connectivity index (χ4v) is 3.09. The number of nitrogens with zero attached hydrogens (tertiary/aromatic N) is 4. The number of aromatic nitrogens is 2. The Kier molecular flexibility index (Phi) is 5.27. The maximum atomic E-state index is 10.4. The van der Waals surface area contributed by atoms with Crippen LogP contribution in [0.1, 0.15) is 23.4 Å². The first-order valence-electron chi connectivity index (χ1n) is 7.78. The minimum absolute atomic E-state index is 0.560. The molecule has 1 aliphatic rings. The lowest BCUT2D eigenvalue weighted by Gasteiger charge is -2.35. The molecule has 1 N–H and O–H groups in total. The molecule has 6 nitrogen and oxygen atoms in total. The highest BCUT2D eigenvalue weighted by Gasteiger charge is 2.21. The second-order valence-electron chi connectivity index (χ2n) is 5.84. The molecule has 3 rings (SSSR count). The normalized spacial score (nSPS) is 18.2. The van der Waals surface area contributed by atoms with Gasteiger partial charge in [-0.25, -0.2) is 0 Å². The van der Waals surface area contributed by atoms with Crippen molar-refractivity contribution in [3.05, 3.63) is 46.6 Å². The maximum Gasteiger partial charge on any atom is 0.223 e. The number of halogens is 1. The van der Waals surface area contributed by atoms with E-state index < -0.39 is 6.10 Å². The maximum absolute atomic E-state index is 10.4. The molecular formula is C16H21ClN4O2. The Morgan fingerprint density at radius 3 is 2.57 bits per heavy atom. The fraction of sp³-hybridized carbons (Fsp3) is 0.500. The molecule has 0 saturated carbocycles. The predicted molar refractivity (Wildman–Crippen MR) is 87.2 cm³/mol. The largest absolute Gasteiger partial charge is 0.387 e. The number of aryl methyl sites for hydroxylation is 1. The Balaban J connectivity index is 1.48. The summed E-state index contributed by atoms with van der Waals surface area (Å²) in [5.74, 6) is 1.33. The van der Waals surface area contributed by atoms with Crippen LogP contribution in [0.4, 0.5) is 0 Å². The summed E-state index contributed by atoms with van der Waals surface area (Å²) in [5.41, 5.74) is 0.791. The topological polar surface area (TPSA) is 65.6 Å². The van der Waals surface area contributed by atoms with Gasteiger partial charge in [-0.05, 0) is 6.07 Å². The highest BCUT2D eigenvalue weighted by Crippen LogP contribution is 2.23. The zero-order valence-electron chi connectivity index (χ0n) is 13.2. The van der Waals surface area contributed by atoms with Crippen molar-refractivity contribution in [1.82, 2.24) is 19.9 Å². The first kappa shape index (κ1) is 16.4. The van der Waals surface area contributed by atoms with Crippen LogP contribution in [0.5, 0.6) is 0 Å². The van der Waals surface area contributed by atoms with Crippen LogP contribution in [-0.2, 0) is 6.54 Å². The third-order valence-corrected chi connectivity index (χ3v) is 4.44. The number of piperazine rings is 1. The number of aliphatic hydroxyl groups excluding tert-OH is 1. The highest BCUT2D eigenvalue weighted by molar-refractivity contribution is 6.31. The quantitative estimate of drug-likeness (QED) is 0.899. The van der Waals surface area contributed by atoms with Crippen molar-refractivity contribution in [3.8, 4) is 0 Å². The van der Waals surface area contributed by atoms with Crippen LogP contribution in [0, 0.1) is 6.92 Å². The van der Waals surface area contributed by atoms with Gasteiger partial charge in [-0.1, -0.05) is 35.0 Å². The fourth-order valence-electron chi connectivity index (χ4n) is 2.82. The summed E-state index contributed by atoms with van der Waals surface area (Å²) in [5, 5.41) is 14.9. The Bertz CT molecular complexity index is 641. The molecule has 2 aromatic rings. The summed E-state index contributed by atoms with van der Waals surface area (Å²) in [6.45, 7) is 6.74. The van der Waals surface area contributed by atoms with E-state index >= 15 is 0 Å². The van der Waals surface area contributed by atoms with E-state index in [0.29, 0.717) is 24.0 Å². The van der Waals surface area contributed by atoms with Gasteiger partial charge in [0, 0.05) is 50.2 Å². The minimum atomic E-state index is -0.560. The minimum Gasteiger partial charge on any atom is -0.387 e. The van der Waals surface area contributed by atoms with E-state index in [0.717, 1.165) is 37.6 Å². The zero-order valence-corrected chi connectivity index (χ0v) is 13.9. The monoisotopic (exact) mass is 336 g/mol. The van der Waals surface area contributed by atoms with Crippen LogP contribution >= 0.6 is 11.6 Å². The van der Waals surface area contributed by atoms with Crippen molar-refractivity contribution in [2.75, 3.05) is 32.7 Å². The van der Waals surface area contributed by atoms with Gasteiger partial charge in [0.05, 0.1) is 12.6 Å². The SMILES string of the molecule is Cc1nc(CN2CCN(CC(O)c3ccccc3Cl)CC2)no1. The molecule has 0 bridgehead atoms. The van der Waals surface area contributed by atoms with Crippen LogP contribution in [0.2, 0.25) is 5.02 Å². The third-order valence-electron chi connectivity index (χ3n) is 4.09. The summed E-state index contributed by atoms with van der Waals surface area (Å²) in [4.78, 5) is 8.78. The van der Waals surface area contributed by atoms with Gasteiger partial charge in [0.1, 0.15) is 0 Å².